The largest absolute Gasteiger partial charge is 0.274 e. The molecule has 0 aliphatic carbocycles. The highest BCUT2D eigenvalue weighted by molar-refractivity contribution is 6.67. The van der Waals surface area contributed by atoms with Gasteiger partial charge in [-0.2, -0.15) is 4.39 Å². The molecular formula is C7H2ClF4NO. The second kappa shape index (κ2) is 3.91. The van der Waals surface area contributed by atoms with Crippen molar-refractivity contribution in [3.05, 3.63) is 29.1 Å². The van der Waals surface area contributed by atoms with Crippen LogP contribution in [0.4, 0.5) is 17.6 Å². The van der Waals surface area contributed by atoms with E-state index in [1.54, 1.807) is 0 Å². The lowest BCUT2D eigenvalue weighted by Gasteiger charge is -2.04. The molecule has 0 radical (unpaired) electrons. The Morgan fingerprint density at radius 1 is 1.43 bits per heavy atom. The number of pyridine rings is 1. The van der Waals surface area contributed by atoms with E-state index in [0.29, 0.717) is 0 Å². The minimum atomic E-state index is -3.28. The fraction of sp³-hybridized carbons (Fsp3) is 0.143. The van der Waals surface area contributed by atoms with E-state index in [4.69, 9.17) is 11.6 Å². The van der Waals surface area contributed by atoms with Crippen LogP contribution in [0.2, 0.25) is 0 Å². The minimum Gasteiger partial charge on any atom is -0.274 e. The maximum Gasteiger partial charge on any atom is 0.271 e. The number of hydrogen-bond acceptors (Lipinski definition) is 2. The van der Waals surface area contributed by atoms with Crippen molar-refractivity contribution in [2.24, 2.45) is 0 Å². The van der Waals surface area contributed by atoms with Crippen molar-refractivity contribution < 1.29 is 22.4 Å². The van der Waals surface area contributed by atoms with Gasteiger partial charge in [0.05, 0.1) is 5.56 Å². The molecule has 14 heavy (non-hydrogen) atoms. The highest BCUT2D eigenvalue weighted by atomic mass is 35.5. The molecule has 2 nitrogen and oxygen atoms in total. The first-order chi connectivity index (χ1) is 6.43. The molecule has 1 rings (SSSR count). The highest BCUT2D eigenvalue weighted by Crippen LogP contribution is 2.26. The average Bonchev–Trinajstić information content (AvgIpc) is 2.01. The molecule has 1 aromatic heterocycles. The molecule has 0 spiro atoms. The molecule has 1 aromatic rings. The van der Waals surface area contributed by atoms with Crippen LogP contribution in [-0.2, 0) is 0 Å². The number of nitrogens with zero attached hydrogens (tertiary/aromatic N) is 1. The molecule has 0 saturated carbocycles. The molecule has 0 atom stereocenters. The predicted octanol–water partition coefficient (Wildman–Crippen LogP) is 2.68. The van der Waals surface area contributed by atoms with Crippen molar-refractivity contribution in [1.29, 1.82) is 0 Å². The third kappa shape index (κ3) is 2.01. The summed E-state index contributed by atoms with van der Waals surface area (Å²) in [6.45, 7) is 0. The van der Waals surface area contributed by atoms with Crippen LogP contribution in [-0.4, -0.2) is 10.2 Å². The van der Waals surface area contributed by atoms with Gasteiger partial charge in [0.1, 0.15) is 11.5 Å². The molecule has 0 amide bonds. The zero-order chi connectivity index (χ0) is 10.9. The van der Waals surface area contributed by atoms with Gasteiger partial charge in [-0.3, -0.25) is 4.79 Å². The van der Waals surface area contributed by atoms with E-state index in [2.05, 4.69) is 4.98 Å². The van der Waals surface area contributed by atoms with Crippen LogP contribution < -0.4 is 0 Å². The second-order valence-electron chi connectivity index (χ2n) is 2.26. The van der Waals surface area contributed by atoms with Crippen LogP contribution >= 0.6 is 11.6 Å². The number of carbonyl (C=O) groups excluding carboxylic acids is 1. The smallest absolute Gasteiger partial charge is 0.271 e. The van der Waals surface area contributed by atoms with Crippen molar-refractivity contribution >= 4 is 16.8 Å². The van der Waals surface area contributed by atoms with Crippen molar-refractivity contribution in [3.63, 3.8) is 0 Å². The lowest BCUT2D eigenvalue weighted by molar-refractivity contribution is 0.105. The highest BCUT2D eigenvalue weighted by Gasteiger charge is 2.24. The number of rotatable bonds is 2. The number of aromatic nitrogens is 1. The molecule has 0 N–H and O–H groups in total. The van der Waals surface area contributed by atoms with Crippen LogP contribution in [0.5, 0.6) is 0 Å². The number of hydrogen-bond donors (Lipinski definition) is 0. The quantitative estimate of drug-likeness (QED) is 0.442. The topological polar surface area (TPSA) is 30.0 Å². The average molecular weight is 228 g/mol. The van der Waals surface area contributed by atoms with Gasteiger partial charge in [-0.05, 0) is 11.6 Å². The molecule has 0 bridgehead atoms. The molecular weight excluding hydrogens is 226 g/mol. The fourth-order valence-corrected chi connectivity index (χ4v) is 0.996. The van der Waals surface area contributed by atoms with Gasteiger partial charge < -0.3 is 0 Å². The SMILES string of the molecule is O=C(Cl)c1nc(F)cc(F)c1C(F)F. The summed E-state index contributed by atoms with van der Waals surface area (Å²) in [6, 6.07) is 0.158. The molecule has 0 aliphatic rings. The van der Waals surface area contributed by atoms with Crippen molar-refractivity contribution in [3.8, 4) is 0 Å². The van der Waals surface area contributed by atoms with Gasteiger partial charge in [0.15, 0.2) is 0 Å². The maximum atomic E-state index is 12.8. The van der Waals surface area contributed by atoms with Crippen LogP contribution in [0.3, 0.4) is 0 Å². The van der Waals surface area contributed by atoms with E-state index < -0.39 is 34.7 Å². The molecule has 76 valence electrons. The first kappa shape index (κ1) is 10.9. The van der Waals surface area contributed by atoms with Crippen molar-refractivity contribution in [2.45, 2.75) is 6.43 Å². The summed E-state index contributed by atoms with van der Waals surface area (Å²) in [5.41, 5.74) is -2.38. The van der Waals surface area contributed by atoms with E-state index in [1.807, 2.05) is 0 Å². The number of halogens is 5. The van der Waals surface area contributed by atoms with E-state index in [-0.39, 0.29) is 6.07 Å². The Balaban J connectivity index is 3.44. The Labute approximate surface area is 80.5 Å². The molecule has 7 heteroatoms. The Kier molecular flexibility index (Phi) is 3.05. The summed E-state index contributed by atoms with van der Waals surface area (Å²) in [4.78, 5) is 13.3. The summed E-state index contributed by atoms with van der Waals surface area (Å²) < 4.78 is 49.5. The molecule has 0 unspecified atom stereocenters. The summed E-state index contributed by atoms with van der Waals surface area (Å²) in [5, 5.41) is -1.43. The first-order valence-electron chi connectivity index (χ1n) is 3.27. The first-order valence-corrected chi connectivity index (χ1v) is 3.65. The normalized spacial score (nSPS) is 10.7. The zero-order valence-electron chi connectivity index (χ0n) is 6.40. The lowest BCUT2D eigenvalue weighted by Crippen LogP contribution is -2.07. The van der Waals surface area contributed by atoms with Crippen LogP contribution in [0.25, 0.3) is 0 Å². The van der Waals surface area contributed by atoms with Gasteiger partial charge in [0, 0.05) is 6.07 Å². The predicted molar refractivity (Wildman–Crippen MR) is 39.3 cm³/mol. The fourth-order valence-electron chi connectivity index (χ4n) is 0.852. The van der Waals surface area contributed by atoms with Gasteiger partial charge in [-0.1, -0.05) is 0 Å². The van der Waals surface area contributed by atoms with Gasteiger partial charge in [0.25, 0.3) is 11.7 Å². The monoisotopic (exact) mass is 227 g/mol. The zero-order valence-corrected chi connectivity index (χ0v) is 7.16. The van der Waals surface area contributed by atoms with Gasteiger partial charge in [-0.15, -0.1) is 0 Å². The van der Waals surface area contributed by atoms with Crippen molar-refractivity contribution in [2.75, 3.05) is 0 Å². The molecule has 0 aliphatic heterocycles. The lowest BCUT2D eigenvalue weighted by atomic mass is 10.2. The second-order valence-corrected chi connectivity index (χ2v) is 2.61. The minimum absolute atomic E-state index is 0.158. The number of carbonyl (C=O) groups is 1. The summed E-state index contributed by atoms with van der Waals surface area (Å²) in [6.07, 6.45) is -3.28. The molecule has 1 heterocycles. The van der Waals surface area contributed by atoms with Crippen LogP contribution in [0.15, 0.2) is 6.07 Å². The summed E-state index contributed by atoms with van der Waals surface area (Å²) in [5.74, 6) is -2.92. The van der Waals surface area contributed by atoms with E-state index in [1.165, 1.54) is 0 Å². The van der Waals surface area contributed by atoms with E-state index >= 15 is 0 Å². The van der Waals surface area contributed by atoms with Gasteiger partial charge >= 0.3 is 0 Å². The standard InChI is InChI=1S/C7H2ClF4NO/c8-6(14)5-4(7(11)12)2(9)1-3(10)13-5/h1,7H. The molecule has 0 saturated heterocycles. The Hall–Kier alpha value is -1.17. The maximum absolute atomic E-state index is 12.8. The van der Waals surface area contributed by atoms with Crippen LogP contribution in [0, 0.1) is 11.8 Å². The van der Waals surface area contributed by atoms with E-state index in [0.717, 1.165) is 0 Å². The molecule has 0 fully saturated rings. The summed E-state index contributed by atoms with van der Waals surface area (Å²) in [7, 11) is 0. The van der Waals surface area contributed by atoms with Gasteiger partial charge in [-0.25, -0.2) is 18.2 Å². The Morgan fingerprint density at radius 3 is 2.43 bits per heavy atom. The van der Waals surface area contributed by atoms with E-state index in [9.17, 15) is 22.4 Å². The third-order valence-electron chi connectivity index (χ3n) is 1.38. The van der Waals surface area contributed by atoms with Gasteiger partial charge in [0.2, 0.25) is 5.95 Å². The summed E-state index contributed by atoms with van der Waals surface area (Å²) >= 11 is 4.83. The third-order valence-corrected chi connectivity index (χ3v) is 1.56. The Morgan fingerprint density at radius 2 is 2.00 bits per heavy atom. The molecule has 0 aromatic carbocycles. The number of alkyl halides is 2. The van der Waals surface area contributed by atoms with Crippen molar-refractivity contribution in [1.82, 2.24) is 4.98 Å². The van der Waals surface area contributed by atoms with Crippen LogP contribution in [0.1, 0.15) is 22.5 Å². The Bertz CT molecular complexity index is 382.